The number of amides is 2. The average Bonchev–Trinajstić information content (AvgIpc) is 3.14. The molecule has 0 saturated carbocycles. The van der Waals surface area contributed by atoms with Gasteiger partial charge in [0.25, 0.3) is 5.91 Å². The van der Waals surface area contributed by atoms with Gasteiger partial charge in [-0.1, -0.05) is 53.7 Å². The number of carbonyl (C=O) groups excluding carboxylic acids is 2. The molecule has 0 aromatic heterocycles. The van der Waals surface area contributed by atoms with E-state index >= 15 is 0 Å². The van der Waals surface area contributed by atoms with E-state index in [1.807, 2.05) is 60.9 Å². The van der Waals surface area contributed by atoms with E-state index in [4.69, 9.17) is 9.73 Å². The molecule has 0 fully saturated rings. The van der Waals surface area contributed by atoms with E-state index in [9.17, 15) is 9.59 Å². The molecule has 0 unspecified atom stereocenters. The van der Waals surface area contributed by atoms with Crippen molar-refractivity contribution in [2.45, 2.75) is 25.9 Å². The number of thioether (sulfide) groups is 1. The van der Waals surface area contributed by atoms with Crippen LogP contribution in [-0.4, -0.2) is 35.0 Å². The average molecular weight is 407 g/mol. The molecule has 2 aromatic rings. The number of ether oxygens (including phenoxy) is 1. The van der Waals surface area contributed by atoms with Crippen molar-refractivity contribution in [1.29, 1.82) is 0 Å². The van der Waals surface area contributed by atoms with E-state index in [2.05, 4.69) is 5.32 Å². The number of nitrogens with one attached hydrogen (secondary N) is 1. The topological polar surface area (TPSA) is 71.0 Å². The standard InChI is InChI=1S/C22H21N3O3S/c1-13-4-6-15(7-5-13)18-12-29-22-24-19(16-8-10-17(28-3)11-9-16)20(23-14(2)26)21(27)25(18)22/h4-12,19-20H,1-3H3,(H,23,26)/t19-,20+/m1/s1. The van der Waals surface area contributed by atoms with Crippen molar-refractivity contribution in [3.05, 3.63) is 70.6 Å². The number of hydrogen-bond donors (Lipinski definition) is 1. The van der Waals surface area contributed by atoms with Crippen LogP contribution in [0.5, 0.6) is 5.75 Å². The van der Waals surface area contributed by atoms with Gasteiger partial charge in [-0.3, -0.25) is 19.5 Å². The maximum atomic E-state index is 13.5. The van der Waals surface area contributed by atoms with Gasteiger partial charge in [-0.05, 0) is 30.2 Å². The third-order valence-electron chi connectivity index (χ3n) is 4.92. The lowest BCUT2D eigenvalue weighted by molar-refractivity contribution is -0.132. The van der Waals surface area contributed by atoms with Crippen LogP contribution in [0.2, 0.25) is 0 Å². The van der Waals surface area contributed by atoms with Crippen molar-refractivity contribution < 1.29 is 14.3 Å². The molecule has 7 heteroatoms. The molecule has 2 aliphatic heterocycles. The van der Waals surface area contributed by atoms with Gasteiger partial charge in [-0.25, -0.2) is 0 Å². The van der Waals surface area contributed by atoms with Crippen LogP contribution in [0.3, 0.4) is 0 Å². The number of methoxy groups -OCH3 is 1. The number of amidine groups is 1. The van der Waals surface area contributed by atoms with Gasteiger partial charge in [0.2, 0.25) is 5.91 Å². The molecule has 0 bridgehead atoms. The Morgan fingerprint density at radius 1 is 1.14 bits per heavy atom. The predicted octanol–water partition coefficient (Wildman–Crippen LogP) is 3.49. The number of hydrogen-bond acceptors (Lipinski definition) is 5. The fourth-order valence-electron chi connectivity index (χ4n) is 3.43. The highest BCUT2D eigenvalue weighted by molar-refractivity contribution is 8.16. The summed E-state index contributed by atoms with van der Waals surface area (Å²) in [4.78, 5) is 31.7. The first-order valence-corrected chi connectivity index (χ1v) is 10.1. The van der Waals surface area contributed by atoms with Crippen molar-refractivity contribution in [2.75, 3.05) is 7.11 Å². The van der Waals surface area contributed by atoms with E-state index in [1.54, 1.807) is 12.0 Å². The van der Waals surface area contributed by atoms with Crippen molar-refractivity contribution in [3.8, 4) is 5.75 Å². The van der Waals surface area contributed by atoms with E-state index in [0.717, 1.165) is 28.1 Å². The van der Waals surface area contributed by atoms with Gasteiger partial charge in [0.15, 0.2) is 5.17 Å². The summed E-state index contributed by atoms with van der Waals surface area (Å²) >= 11 is 1.42. The lowest BCUT2D eigenvalue weighted by atomic mass is 9.96. The third kappa shape index (κ3) is 3.65. The molecule has 2 aromatic carbocycles. The minimum absolute atomic E-state index is 0.192. The normalized spacial score (nSPS) is 20.7. The largest absolute Gasteiger partial charge is 0.497 e. The van der Waals surface area contributed by atoms with Gasteiger partial charge in [0, 0.05) is 12.3 Å². The van der Waals surface area contributed by atoms with Crippen LogP contribution in [0, 0.1) is 6.92 Å². The molecule has 2 amide bonds. The highest BCUT2D eigenvalue weighted by atomic mass is 32.2. The second-order valence-corrected chi connectivity index (χ2v) is 7.81. The minimum Gasteiger partial charge on any atom is -0.497 e. The van der Waals surface area contributed by atoms with Gasteiger partial charge in [-0.15, -0.1) is 0 Å². The second kappa shape index (κ2) is 7.75. The predicted molar refractivity (Wildman–Crippen MR) is 114 cm³/mol. The van der Waals surface area contributed by atoms with Crippen LogP contribution >= 0.6 is 11.8 Å². The fourth-order valence-corrected chi connectivity index (χ4v) is 4.36. The Hall–Kier alpha value is -3.06. The maximum absolute atomic E-state index is 13.5. The number of aryl methyl sites for hydroxylation is 1. The first-order valence-electron chi connectivity index (χ1n) is 9.24. The summed E-state index contributed by atoms with van der Waals surface area (Å²) in [5.74, 6) is 0.260. The van der Waals surface area contributed by atoms with Gasteiger partial charge < -0.3 is 10.1 Å². The monoisotopic (exact) mass is 407 g/mol. The summed E-state index contributed by atoms with van der Waals surface area (Å²) in [7, 11) is 1.60. The number of aliphatic imine (C=N–C) groups is 1. The van der Waals surface area contributed by atoms with Crippen LogP contribution in [0.4, 0.5) is 0 Å². The zero-order chi connectivity index (χ0) is 20.5. The fraction of sp³-hybridized carbons (Fsp3) is 0.227. The quantitative estimate of drug-likeness (QED) is 0.842. The Labute approximate surface area is 173 Å². The third-order valence-corrected chi connectivity index (χ3v) is 5.76. The van der Waals surface area contributed by atoms with Gasteiger partial charge in [0.1, 0.15) is 17.8 Å². The molecule has 2 atom stereocenters. The van der Waals surface area contributed by atoms with E-state index < -0.39 is 12.1 Å². The zero-order valence-electron chi connectivity index (χ0n) is 16.4. The van der Waals surface area contributed by atoms with Crippen molar-refractivity contribution >= 4 is 34.4 Å². The summed E-state index contributed by atoms with van der Waals surface area (Å²) in [6, 6.07) is 14.1. The number of nitrogens with zero attached hydrogens (tertiary/aromatic N) is 2. The summed E-state index contributed by atoms with van der Waals surface area (Å²) in [5, 5.41) is 5.35. The Morgan fingerprint density at radius 3 is 2.45 bits per heavy atom. The molecular weight excluding hydrogens is 386 g/mol. The summed E-state index contributed by atoms with van der Waals surface area (Å²) in [6.45, 7) is 3.43. The van der Waals surface area contributed by atoms with Crippen LogP contribution < -0.4 is 10.1 Å². The lowest BCUT2D eigenvalue weighted by Crippen LogP contribution is -2.53. The molecule has 148 valence electrons. The summed E-state index contributed by atoms with van der Waals surface area (Å²) in [5.41, 5.74) is 3.71. The highest BCUT2D eigenvalue weighted by Crippen LogP contribution is 2.40. The molecule has 1 N–H and O–H groups in total. The first kappa shape index (κ1) is 19.3. The Balaban J connectivity index is 1.73. The number of carbonyl (C=O) groups is 2. The van der Waals surface area contributed by atoms with Crippen molar-refractivity contribution in [2.24, 2.45) is 4.99 Å². The van der Waals surface area contributed by atoms with Crippen LogP contribution in [-0.2, 0) is 9.59 Å². The lowest BCUT2D eigenvalue weighted by Gasteiger charge is -2.34. The Morgan fingerprint density at radius 2 is 1.83 bits per heavy atom. The molecule has 0 spiro atoms. The second-order valence-electron chi connectivity index (χ2n) is 6.97. The molecule has 2 aliphatic rings. The van der Waals surface area contributed by atoms with Gasteiger partial charge in [-0.2, -0.15) is 0 Å². The van der Waals surface area contributed by atoms with Crippen LogP contribution in [0.15, 0.2) is 58.9 Å². The smallest absolute Gasteiger partial charge is 0.258 e. The van der Waals surface area contributed by atoms with Crippen LogP contribution in [0.1, 0.15) is 29.7 Å². The molecule has 0 radical (unpaired) electrons. The molecule has 6 nitrogen and oxygen atoms in total. The number of rotatable bonds is 4. The Kier molecular flexibility index (Phi) is 5.15. The van der Waals surface area contributed by atoms with E-state index in [0.29, 0.717) is 5.17 Å². The van der Waals surface area contributed by atoms with Crippen molar-refractivity contribution in [3.63, 3.8) is 0 Å². The maximum Gasteiger partial charge on any atom is 0.258 e. The molecular formula is C22H21N3O3S. The zero-order valence-corrected chi connectivity index (χ0v) is 17.2. The first-order chi connectivity index (χ1) is 14.0. The number of benzene rings is 2. The van der Waals surface area contributed by atoms with Crippen molar-refractivity contribution in [1.82, 2.24) is 10.2 Å². The molecule has 0 saturated heterocycles. The minimum atomic E-state index is -0.780. The number of fused-ring (bicyclic) bond motifs is 1. The molecule has 0 aliphatic carbocycles. The van der Waals surface area contributed by atoms with E-state index in [-0.39, 0.29) is 11.8 Å². The summed E-state index contributed by atoms with van der Waals surface area (Å²) in [6.07, 6.45) is 0. The summed E-state index contributed by atoms with van der Waals surface area (Å²) < 4.78 is 5.22. The SMILES string of the molecule is COc1ccc([C@H]2N=C3SC=C(c4ccc(C)cc4)N3C(=O)[C@H]2NC(C)=O)cc1. The molecule has 29 heavy (non-hydrogen) atoms. The highest BCUT2D eigenvalue weighted by Gasteiger charge is 2.43. The molecule has 4 rings (SSSR count). The van der Waals surface area contributed by atoms with E-state index in [1.165, 1.54) is 18.7 Å². The van der Waals surface area contributed by atoms with Gasteiger partial charge >= 0.3 is 0 Å². The Bertz CT molecular complexity index is 1010. The van der Waals surface area contributed by atoms with Gasteiger partial charge in [0.05, 0.1) is 12.8 Å². The van der Waals surface area contributed by atoms with Crippen LogP contribution in [0.25, 0.3) is 5.70 Å². The molecule has 2 heterocycles.